The van der Waals surface area contributed by atoms with Crippen LogP contribution in [0.5, 0.6) is 0 Å². The predicted molar refractivity (Wildman–Crippen MR) is 94.9 cm³/mol. The largest absolute Gasteiger partial charge is 0.360 e. The van der Waals surface area contributed by atoms with Crippen molar-refractivity contribution < 1.29 is 4.79 Å². The van der Waals surface area contributed by atoms with Crippen LogP contribution in [0.15, 0.2) is 42.5 Å². The third-order valence-electron chi connectivity index (χ3n) is 4.26. The minimum Gasteiger partial charge on any atom is -0.360 e. The highest BCUT2D eigenvalue weighted by Gasteiger charge is 2.23. The first kappa shape index (κ1) is 15.6. The first-order valence-corrected chi connectivity index (χ1v) is 7.98. The molecule has 3 N–H and O–H groups in total. The lowest BCUT2D eigenvalue weighted by Gasteiger charge is -2.34. The molecule has 0 fully saturated rings. The van der Waals surface area contributed by atoms with Crippen molar-refractivity contribution in [3.8, 4) is 0 Å². The lowest BCUT2D eigenvalue weighted by atomic mass is 9.98. The molecule has 4 heteroatoms. The summed E-state index contributed by atoms with van der Waals surface area (Å²) < 4.78 is 0. The zero-order valence-corrected chi connectivity index (χ0v) is 13.7. The van der Waals surface area contributed by atoms with Gasteiger partial charge in [0.05, 0.1) is 6.54 Å². The number of aryl methyl sites for hydroxylation is 2. The average Bonchev–Trinajstić information content (AvgIpc) is 2.50. The monoisotopic (exact) mass is 309 g/mol. The molecule has 0 spiro atoms. The van der Waals surface area contributed by atoms with Crippen LogP contribution in [-0.4, -0.2) is 25.0 Å². The molecule has 0 aromatic heterocycles. The van der Waals surface area contributed by atoms with E-state index in [1.54, 1.807) is 0 Å². The Bertz CT molecular complexity index is 726. The Kier molecular flexibility index (Phi) is 4.35. The van der Waals surface area contributed by atoms with E-state index in [9.17, 15) is 4.79 Å². The number of nitrogens with two attached hydrogens (primary N) is 1. The SMILES string of the molecule is Cc1ccc(NC(=O)CN2CC(N)Cc3ccccc32)c(C)c1. The Morgan fingerprint density at radius 1 is 1.26 bits per heavy atom. The van der Waals surface area contributed by atoms with Crippen LogP contribution in [0.3, 0.4) is 0 Å². The molecule has 2 aromatic carbocycles. The summed E-state index contributed by atoms with van der Waals surface area (Å²) in [6.07, 6.45) is 0.866. The van der Waals surface area contributed by atoms with E-state index in [2.05, 4.69) is 28.4 Å². The maximum Gasteiger partial charge on any atom is 0.243 e. The highest BCUT2D eigenvalue weighted by Crippen LogP contribution is 2.26. The molecule has 1 heterocycles. The second-order valence-corrected chi connectivity index (χ2v) is 6.34. The second kappa shape index (κ2) is 6.42. The Balaban J connectivity index is 1.73. The summed E-state index contributed by atoms with van der Waals surface area (Å²) >= 11 is 0. The smallest absolute Gasteiger partial charge is 0.243 e. The first-order valence-electron chi connectivity index (χ1n) is 7.98. The molecule has 0 radical (unpaired) electrons. The second-order valence-electron chi connectivity index (χ2n) is 6.34. The molecule has 0 saturated carbocycles. The molecular weight excluding hydrogens is 286 g/mol. The molecule has 1 aliphatic rings. The minimum atomic E-state index is -0.0131. The summed E-state index contributed by atoms with van der Waals surface area (Å²) in [4.78, 5) is 14.5. The molecule has 0 saturated heterocycles. The Morgan fingerprint density at radius 2 is 2.04 bits per heavy atom. The van der Waals surface area contributed by atoms with E-state index >= 15 is 0 Å². The Labute approximate surface area is 137 Å². The molecule has 23 heavy (non-hydrogen) atoms. The van der Waals surface area contributed by atoms with Crippen molar-refractivity contribution in [2.45, 2.75) is 26.3 Å². The molecule has 1 atom stereocenters. The molecule has 3 rings (SSSR count). The number of hydrogen-bond donors (Lipinski definition) is 2. The van der Waals surface area contributed by atoms with Crippen LogP contribution >= 0.6 is 0 Å². The zero-order chi connectivity index (χ0) is 16.4. The topological polar surface area (TPSA) is 58.4 Å². The summed E-state index contributed by atoms with van der Waals surface area (Å²) in [5.41, 5.74) is 11.6. The van der Waals surface area contributed by atoms with Crippen molar-refractivity contribution in [3.05, 3.63) is 59.2 Å². The predicted octanol–water partition coefficient (Wildman–Crippen LogP) is 2.63. The normalized spacial score (nSPS) is 16.8. The molecule has 1 unspecified atom stereocenters. The van der Waals surface area contributed by atoms with E-state index in [0.29, 0.717) is 13.1 Å². The number of nitrogens with one attached hydrogen (secondary N) is 1. The van der Waals surface area contributed by atoms with Gasteiger partial charge in [0.1, 0.15) is 0 Å². The van der Waals surface area contributed by atoms with Crippen molar-refractivity contribution in [2.75, 3.05) is 23.3 Å². The van der Waals surface area contributed by atoms with Gasteiger partial charge in [-0.3, -0.25) is 4.79 Å². The van der Waals surface area contributed by atoms with Crippen LogP contribution in [0.1, 0.15) is 16.7 Å². The van der Waals surface area contributed by atoms with Crippen molar-refractivity contribution in [1.29, 1.82) is 0 Å². The molecular formula is C19H23N3O. The van der Waals surface area contributed by atoms with Gasteiger partial charge in [0.25, 0.3) is 0 Å². The fourth-order valence-electron chi connectivity index (χ4n) is 3.19. The molecule has 2 aromatic rings. The molecule has 1 aliphatic heterocycles. The minimum absolute atomic E-state index is 0.0131. The fraction of sp³-hybridized carbons (Fsp3) is 0.316. The molecule has 0 aliphatic carbocycles. The number of nitrogens with zero attached hydrogens (tertiary/aromatic N) is 1. The van der Waals surface area contributed by atoms with Crippen molar-refractivity contribution >= 4 is 17.3 Å². The van der Waals surface area contributed by atoms with Crippen molar-refractivity contribution in [3.63, 3.8) is 0 Å². The maximum absolute atomic E-state index is 12.4. The van der Waals surface area contributed by atoms with Crippen molar-refractivity contribution in [2.24, 2.45) is 5.73 Å². The van der Waals surface area contributed by atoms with Crippen LogP contribution in [-0.2, 0) is 11.2 Å². The first-order chi connectivity index (χ1) is 11.0. The lowest BCUT2D eigenvalue weighted by molar-refractivity contribution is -0.115. The van der Waals surface area contributed by atoms with Crippen LogP contribution < -0.4 is 16.0 Å². The van der Waals surface area contributed by atoms with E-state index in [1.165, 1.54) is 11.1 Å². The number of fused-ring (bicyclic) bond motifs is 1. The quantitative estimate of drug-likeness (QED) is 0.916. The molecule has 1 amide bonds. The summed E-state index contributed by atoms with van der Waals surface area (Å²) in [6, 6.07) is 14.3. The van der Waals surface area contributed by atoms with Gasteiger partial charge in [-0.2, -0.15) is 0 Å². The zero-order valence-electron chi connectivity index (χ0n) is 13.7. The number of carbonyl (C=O) groups excluding carboxylic acids is 1. The lowest BCUT2D eigenvalue weighted by Crippen LogP contribution is -2.46. The van der Waals surface area contributed by atoms with Gasteiger partial charge in [0.15, 0.2) is 0 Å². The van der Waals surface area contributed by atoms with Crippen LogP contribution in [0.25, 0.3) is 0 Å². The molecule has 120 valence electrons. The van der Waals surface area contributed by atoms with Gasteiger partial charge in [0, 0.05) is 24.0 Å². The number of para-hydroxylation sites is 1. The molecule has 4 nitrogen and oxygen atoms in total. The van der Waals surface area contributed by atoms with E-state index in [4.69, 9.17) is 5.73 Å². The van der Waals surface area contributed by atoms with Gasteiger partial charge in [0.2, 0.25) is 5.91 Å². The van der Waals surface area contributed by atoms with E-state index in [-0.39, 0.29) is 11.9 Å². The van der Waals surface area contributed by atoms with Gasteiger partial charge in [-0.15, -0.1) is 0 Å². The van der Waals surface area contributed by atoms with Crippen LogP contribution in [0.2, 0.25) is 0 Å². The number of benzene rings is 2. The van der Waals surface area contributed by atoms with Gasteiger partial charge in [-0.1, -0.05) is 35.9 Å². The summed E-state index contributed by atoms with van der Waals surface area (Å²) in [7, 11) is 0. The number of carbonyl (C=O) groups is 1. The van der Waals surface area contributed by atoms with Crippen LogP contribution in [0.4, 0.5) is 11.4 Å². The third-order valence-corrected chi connectivity index (χ3v) is 4.26. The Hall–Kier alpha value is -2.33. The number of anilines is 2. The maximum atomic E-state index is 12.4. The van der Waals surface area contributed by atoms with Gasteiger partial charge < -0.3 is 16.0 Å². The van der Waals surface area contributed by atoms with Gasteiger partial charge >= 0.3 is 0 Å². The summed E-state index contributed by atoms with van der Waals surface area (Å²) in [5.74, 6) is -0.0131. The standard InChI is InChI=1S/C19H23N3O/c1-13-7-8-17(14(2)9-13)21-19(23)12-22-11-16(20)10-15-5-3-4-6-18(15)22/h3-9,16H,10-12,20H2,1-2H3,(H,21,23). The summed E-state index contributed by atoms with van der Waals surface area (Å²) in [5, 5.41) is 3.01. The molecule has 0 bridgehead atoms. The highest BCUT2D eigenvalue weighted by molar-refractivity contribution is 5.95. The number of hydrogen-bond acceptors (Lipinski definition) is 3. The van der Waals surface area contributed by atoms with E-state index in [1.807, 2.05) is 38.1 Å². The van der Waals surface area contributed by atoms with Gasteiger partial charge in [-0.05, 0) is 43.5 Å². The van der Waals surface area contributed by atoms with Crippen molar-refractivity contribution in [1.82, 2.24) is 0 Å². The fourth-order valence-corrected chi connectivity index (χ4v) is 3.19. The number of rotatable bonds is 3. The van der Waals surface area contributed by atoms with E-state index < -0.39 is 0 Å². The van der Waals surface area contributed by atoms with E-state index in [0.717, 1.165) is 23.4 Å². The summed E-state index contributed by atoms with van der Waals surface area (Å²) in [6.45, 7) is 5.08. The van der Waals surface area contributed by atoms with Gasteiger partial charge in [-0.25, -0.2) is 0 Å². The van der Waals surface area contributed by atoms with Crippen LogP contribution in [0, 0.1) is 13.8 Å². The highest BCUT2D eigenvalue weighted by atomic mass is 16.2. The average molecular weight is 309 g/mol. The third kappa shape index (κ3) is 3.54. The number of amides is 1. The Morgan fingerprint density at radius 3 is 2.83 bits per heavy atom.